The molecule has 1 rings (SSSR count). The third-order valence-corrected chi connectivity index (χ3v) is 7.59. The maximum Gasteiger partial charge on any atom is 0.101 e. The van der Waals surface area contributed by atoms with Crippen LogP contribution >= 0.6 is 0 Å². The van der Waals surface area contributed by atoms with E-state index in [0.717, 1.165) is 0 Å². The molecule has 0 N–H and O–H groups in total. The molecule has 33 heavy (non-hydrogen) atoms. The van der Waals surface area contributed by atoms with E-state index < -0.39 is 0 Å². The Balaban J connectivity index is 2.06. The number of nitrogens with zero attached hydrogens (tertiary/aromatic N) is 2. The van der Waals surface area contributed by atoms with Gasteiger partial charge in [0.15, 0.2) is 0 Å². The maximum atomic E-state index is 2.65. The lowest BCUT2D eigenvalue weighted by atomic mass is 10.0. The zero-order valence-corrected chi connectivity index (χ0v) is 23.5. The minimum atomic E-state index is 0.608. The molecule has 0 aromatic rings. The molecule has 0 saturated carbocycles. The fraction of sp³-hybridized carbons (Fsp3) is 0.935. The average molecular weight is 463 g/mol. The molecule has 0 aliphatic carbocycles. The van der Waals surface area contributed by atoms with Crippen molar-refractivity contribution in [1.29, 1.82) is 0 Å². The summed E-state index contributed by atoms with van der Waals surface area (Å²) in [6.07, 6.45) is 36.8. The number of unbranched alkanes of at least 4 members (excludes halogenated alkanes) is 19. The summed E-state index contributed by atoms with van der Waals surface area (Å²) in [5.41, 5.74) is 0. The van der Waals surface area contributed by atoms with E-state index in [-0.39, 0.29) is 0 Å². The van der Waals surface area contributed by atoms with Crippen LogP contribution in [0.3, 0.4) is 0 Å². The van der Waals surface area contributed by atoms with Crippen LogP contribution in [0.5, 0.6) is 0 Å². The Morgan fingerprint density at radius 3 is 1.33 bits per heavy atom. The topological polar surface area (TPSA) is 6.48 Å². The lowest BCUT2D eigenvalue weighted by Crippen LogP contribution is -2.42. The lowest BCUT2D eigenvalue weighted by molar-refractivity contribution is 0.114. The molecule has 1 unspecified atom stereocenters. The highest BCUT2D eigenvalue weighted by atomic mass is 15.4. The minimum Gasteiger partial charge on any atom is -0.356 e. The van der Waals surface area contributed by atoms with Crippen LogP contribution in [0.15, 0.2) is 12.4 Å². The van der Waals surface area contributed by atoms with Gasteiger partial charge in [0, 0.05) is 25.0 Å². The molecule has 2 nitrogen and oxygen atoms in total. The van der Waals surface area contributed by atoms with Crippen LogP contribution < -0.4 is 0 Å². The van der Waals surface area contributed by atoms with Crippen molar-refractivity contribution in [3.8, 4) is 0 Å². The molecule has 196 valence electrons. The van der Waals surface area contributed by atoms with Crippen molar-refractivity contribution in [3.63, 3.8) is 0 Å². The van der Waals surface area contributed by atoms with E-state index in [0.29, 0.717) is 12.2 Å². The fourth-order valence-corrected chi connectivity index (χ4v) is 5.36. The van der Waals surface area contributed by atoms with Gasteiger partial charge in [-0.25, -0.2) is 0 Å². The molecule has 0 aromatic carbocycles. The largest absolute Gasteiger partial charge is 0.356 e. The molecule has 0 saturated heterocycles. The first-order valence-electron chi connectivity index (χ1n) is 15.4. The van der Waals surface area contributed by atoms with Crippen molar-refractivity contribution in [2.24, 2.45) is 0 Å². The van der Waals surface area contributed by atoms with Gasteiger partial charge >= 0.3 is 0 Å². The molecular weight excluding hydrogens is 400 g/mol. The van der Waals surface area contributed by atoms with E-state index in [1.807, 2.05) is 0 Å². The van der Waals surface area contributed by atoms with Crippen LogP contribution in [0, 0.1) is 0 Å². The van der Waals surface area contributed by atoms with E-state index in [1.165, 1.54) is 148 Å². The molecule has 0 fully saturated rings. The van der Waals surface area contributed by atoms with Gasteiger partial charge in [0.25, 0.3) is 0 Å². The number of hydrogen-bond donors (Lipinski definition) is 0. The van der Waals surface area contributed by atoms with Crippen molar-refractivity contribution in [3.05, 3.63) is 12.4 Å². The molecule has 0 spiro atoms. The standard InChI is InChI=1S/C31H62N2/c1-5-7-9-11-13-15-16-17-18-19-20-22-24-26-31-32(28-29-33(31)30(3)4)27-25-23-21-14-12-10-8-6-2/h28-31H,5-27H2,1-4H3. The highest BCUT2D eigenvalue weighted by Crippen LogP contribution is 2.25. The average Bonchev–Trinajstić information content (AvgIpc) is 3.21. The van der Waals surface area contributed by atoms with Crippen LogP contribution in [-0.2, 0) is 0 Å². The van der Waals surface area contributed by atoms with Gasteiger partial charge in [-0.05, 0) is 33.1 Å². The van der Waals surface area contributed by atoms with Gasteiger partial charge in [-0.2, -0.15) is 0 Å². The Morgan fingerprint density at radius 1 is 0.515 bits per heavy atom. The Morgan fingerprint density at radius 2 is 0.909 bits per heavy atom. The first-order valence-corrected chi connectivity index (χ1v) is 15.4. The molecule has 1 atom stereocenters. The summed E-state index contributed by atoms with van der Waals surface area (Å²) in [6, 6.07) is 0.608. The van der Waals surface area contributed by atoms with Gasteiger partial charge in [-0.3, -0.25) is 0 Å². The third-order valence-electron chi connectivity index (χ3n) is 7.59. The number of hydrogen-bond acceptors (Lipinski definition) is 2. The highest BCUT2D eigenvalue weighted by molar-refractivity contribution is 4.98. The van der Waals surface area contributed by atoms with Crippen molar-refractivity contribution in [2.75, 3.05) is 6.54 Å². The number of rotatable bonds is 24. The molecule has 0 amide bonds. The zero-order valence-electron chi connectivity index (χ0n) is 23.5. The quantitative estimate of drug-likeness (QED) is 0.132. The van der Waals surface area contributed by atoms with Crippen molar-refractivity contribution < 1.29 is 0 Å². The third kappa shape index (κ3) is 15.8. The van der Waals surface area contributed by atoms with Gasteiger partial charge < -0.3 is 9.80 Å². The van der Waals surface area contributed by atoms with Gasteiger partial charge in [0.2, 0.25) is 0 Å². The van der Waals surface area contributed by atoms with E-state index >= 15 is 0 Å². The van der Waals surface area contributed by atoms with Crippen molar-refractivity contribution in [1.82, 2.24) is 9.80 Å². The van der Waals surface area contributed by atoms with Gasteiger partial charge in [0.05, 0.1) is 0 Å². The van der Waals surface area contributed by atoms with Gasteiger partial charge in [-0.1, -0.05) is 136 Å². The van der Waals surface area contributed by atoms with Gasteiger partial charge in [0.1, 0.15) is 6.17 Å². The zero-order chi connectivity index (χ0) is 24.0. The molecular formula is C31H62N2. The molecule has 1 aliphatic heterocycles. The molecule has 2 heteroatoms. The van der Waals surface area contributed by atoms with Crippen LogP contribution in [0.2, 0.25) is 0 Å². The smallest absolute Gasteiger partial charge is 0.101 e. The monoisotopic (exact) mass is 462 g/mol. The first-order chi connectivity index (χ1) is 16.2. The van der Waals surface area contributed by atoms with E-state index in [9.17, 15) is 0 Å². The van der Waals surface area contributed by atoms with E-state index in [4.69, 9.17) is 0 Å². The second-order valence-electron chi connectivity index (χ2n) is 11.1. The van der Waals surface area contributed by atoms with E-state index in [1.54, 1.807) is 0 Å². The maximum absolute atomic E-state index is 2.65. The minimum absolute atomic E-state index is 0.608. The van der Waals surface area contributed by atoms with Crippen LogP contribution in [0.1, 0.15) is 169 Å². The molecule has 0 aromatic heterocycles. The fourth-order valence-electron chi connectivity index (χ4n) is 5.36. The SMILES string of the molecule is CCCCCCCCCCCCCCCC1N(CCCCCCCCCC)C=CN1C(C)C. The molecule has 0 bridgehead atoms. The molecule has 0 radical (unpaired) electrons. The second kappa shape index (κ2) is 21.8. The summed E-state index contributed by atoms with van der Waals surface area (Å²) in [4.78, 5) is 5.25. The van der Waals surface area contributed by atoms with Crippen molar-refractivity contribution in [2.45, 2.75) is 181 Å². The Kier molecular flexibility index (Phi) is 20.1. The van der Waals surface area contributed by atoms with Crippen LogP contribution in [-0.4, -0.2) is 28.6 Å². The Bertz CT molecular complexity index is 431. The molecule has 1 aliphatic rings. The Labute approximate surface area is 210 Å². The Hall–Kier alpha value is -0.660. The summed E-state index contributed by atoms with van der Waals surface area (Å²) in [6.45, 7) is 10.6. The molecule has 1 heterocycles. The van der Waals surface area contributed by atoms with E-state index in [2.05, 4.69) is 49.9 Å². The van der Waals surface area contributed by atoms with Crippen LogP contribution in [0.25, 0.3) is 0 Å². The predicted molar refractivity (Wildman–Crippen MR) is 150 cm³/mol. The first kappa shape index (κ1) is 30.4. The predicted octanol–water partition coefficient (Wildman–Crippen LogP) is 10.4. The van der Waals surface area contributed by atoms with Crippen molar-refractivity contribution >= 4 is 0 Å². The summed E-state index contributed by atoms with van der Waals surface area (Å²) < 4.78 is 0. The second-order valence-corrected chi connectivity index (χ2v) is 11.1. The summed E-state index contributed by atoms with van der Waals surface area (Å²) >= 11 is 0. The summed E-state index contributed by atoms with van der Waals surface area (Å²) in [5, 5.41) is 0. The van der Waals surface area contributed by atoms with Gasteiger partial charge in [-0.15, -0.1) is 0 Å². The summed E-state index contributed by atoms with van der Waals surface area (Å²) in [7, 11) is 0. The normalized spacial score (nSPS) is 16.0. The summed E-state index contributed by atoms with van der Waals surface area (Å²) in [5.74, 6) is 0. The highest BCUT2D eigenvalue weighted by Gasteiger charge is 2.26. The lowest BCUT2D eigenvalue weighted by Gasteiger charge is -2.35. The van der Waals surface area contributed by atoms with Crippen LogP contribution in [0.4, 0.5) is 0 Å².